The minimum Gasteiger partial charge on any atom is -0.486 e. The second-order valence-electron chi connectivity index (χ2n) is 6.98. The highest BCUT2D eigenvalue weighted by atomic mass is 35.5. The van der Waals surface area contributed by atoms with Crippen molar-refractivity contribution in [3.05, 3.63) is 22.7 Å². The maximum Gasteiger partial charge on any atom is 0.320 e. The molecule has 1 saturated heterocycles. The lowest BCUT2D eigenvalue weighted by Gasteiger charge is -2.33. The Morgan fingerprint density at radius 1 is 1.25 bits per heavy atom. The zero-order valence-corrected chi connectivity index (χ0v) is 14.3. The zero-order valence-electron chi connectivity index (χ0n) is 13.5. The van der Waals surface area contributed by atoms with Gasteiger partial charge in [-0.1, -0.05) is 24.4 Å². The molecule has 0 amide bonds. The van der Waals surface area contributed by atoms with Crippen LogP contribution in [0.25, 0.3) is 0 Å². The monoisotopic (exact) mass is 351 g/mol. The molecule has 0 aromatic heterocycles. The van der Waals surface area contributed by atoms with Crippen LogP contribution in [0.2, 0.25) is 5.02 Å². The molecule has 2 fully saturated rings. The van der Waals surface area contributed by atoms with E-state index in [1.165, 1.54) is 12.8 Å². The largest absolute Gasteiger partial charge is 0.486 e. The SMILES string of the molecule is O=C(O)[C@@H]1C[C@@H]2CCCC[C@@H]2N1Cc1cc(Cl)c2c(c1)OCCO2. The summed E-state index contributed by atoms with van der Waals surface area (Å²) in [5.74, 6) is 1.05. The average molecular weight is 352 g/mol. The fourth-order valence-electron chi connectivity index (χ4n) is 4.49. The Hall–Kier alpha value is -1.46. The maximum atomic E-state index is 11.7. The number of hydrogen-bond donors (Lipinski definition) is 1. The summed E-state index contributed by atoms with van der Waals surface area (Å²) in [5.41, 5.74) is 0.988. The quantitative estimate of drug-likeness (QED) is 0.905. The summed E-state index contributed by atoms with van der Waals surface area (Å²) >= 11 is 6.33. The number of nitrogens with zero attached hydrogens (tertiary/aromatic N) is 1. The number of carbonyl (C=O) groups is 1. The highest BCUT2D eigenvalue weighted by molar-refractivity contribution is 6.32. The van der Waals surface area contributed by atoms with E-state index in [-0.39, 0.29) is 0 Å². The predicted molar refractivity (Wildman–Crippen MR) is 89.8 cm³/mol. The van der Waals surface area contributed by atoms with Crippen LogP contribution in [0, 0.1) is 5.92 Å². The molecule has 1 N–H and O–H groups in total. The molecule has 1 aromatic rings. The maximum absolute atomic E-state index is 11.7. The number of halogens is 1. The van der Waals surface area contributed by atoms with Crippen molar-refractivity contribution in [3.8, 4) is 11.5 Å². The van der Waals surface area contributed by atoms with E-state index >= 15 is 0 Å². The minimum atomic E-state index is -0.715. The van der Waals surface area contributed by atoms with Gasteiger partial charge in [-0.25, -0.2) is 0 Å². The zero-order chi connectivity index (χ0) is 16.7. The fraction of sp³-hybridized carbons (Fsp3) is 0.611. The summed E-state index contributed by atoms with van der Waals surface area (Å²) in [4.78, 5) is 13.9. The van der Waals surface area contributed by atoms with Crippen molar-refractivity contribution < 1.29 is 19.4 Å². The molecule has 2 heterocycles. The lowest BCUT2D eigenvalue weighted by atomic mass is 9.84. The predicted octanol–water partition coefficient (Wildman–Crippen LogP) is 3.33. The van der Waals surface area contributed by atoms with Crippen LogP contribution in [0.15, 0.2) is 12.1 Å². The van der Waals surface area contributed by atoms with Gasteiger partial charge in [0.2, 0.25) is 0 Å². The number of carboxylic acid groups (broad SMARTS) is 1. The van der Waals surface area contributed by atoms with E-state index in [0.29, 0.717) is 48.2 Å². The molecule has 1 aliphatic carbocycles. The molecule has 3 atom stereocenters. The summed E-state index contributed by atoms with van der Waals surface area (Å²) in [6.45, 7) is 1.61. The topological polar surface area (TPSA) is 59.0 Å². The van der Waals surface area contributed by atoms with E-state index < -0.39 is 12.0 Å². The van der Waals surface area contributed by atoms with Gasteiger partial charge in [-0.3, -0.25) is 9.69 Å². The van der Waals surface area contributed by atoms with E-state index in [0.717, 1.165) is 24.8 Å². The molecular weight excluding hydrogens is 330 g/mol. The third-order valence-electron chi connectivity index (χ3n) is 5.53. The van der Waals surface area contributed by atoms with E-state index in [4.69, 9.17) is 21.1 Å². The second-order valence-corrected chi connectivity index (χ2v) is 7.38. The Bertz CT molecular complexity index is 650. The van der Waals surface area contributed by atoms with Gasteiger partial charge >= 0.3 is 5.97 Å². The number of likely N-dealkylation sites (tertiary alicyclic amines) is 1. The van der Waals surface area contributed by atoms with Gasteiger partial charge in [-0.05, 0) is 42.9 Å². The smallest absolute Gasteiger partial charge is 0.320 e. The first-order chi connectivity index (χ1) is 11.6. The van der Waals surface area contributed by atoms with Crippen LogP contribution in [0.4, 0.5) is 0 Å². The molecule has 24 heavy (non-hydrogen) atoms. The second kappa shape index (κ2) is 6.45. The number of ether oxygens (including phenoxy) is 2. The number of fused-ring (bicyclic) bond motifs is 2. The Morgan fingerprint density at radius 3 is 2.88 bits per heavy atom. The minimum absolute atomic E-state index is 0.367. The lowest BCUT2D eigenvalue weighted by Crippen LogP contribution is -2.41. The van der Waals surface area contributed by atoms with Crippen LogP contribution in [0.3, 0.4) is 0 Å². The molecule has 0 bridgehead atoms. The van der Waals surface area contributed by atoms with Crippen LogP contribution in [0.1, 0.15) is 37.7 Å². The van der Waals surface area contributed by atoms with Crippen LogP contribution in [0.5, 0.6) is 11.5 Å². The van der Waals surface area contributed by atoms with E-state index in [2.05, 4.69) is 4.90 Å². The molecule has 1 aromatic carbocycles. The third kappa shape index (κ3) is 2.84. The van der Waals surface area contributed by atoms with Gasteiger partial charge in [0.05, 0.1) is 5.02 Å². The molecule has 130 valence electrons. The summed E-state index contributed by atoms with van der Waals surface area (Å²) in [6, 6.07) is 3.79. The molecule has 6 heteroatoms. The van der Waals surface area contributed by atoms with Gasteiger partial charge < -0.3 is 14.6 Å². The van der Waals surface area contributed by atoms with E-state index in [1.807, 2.05) is 12.1 Å². The van der Waals surface area contributed by atoms with Crippen molar-refractivity contribution in [3.63, 3.8) is 0 Å². The van der Waals surface area contributed by atoms with Crippen molar-refractivity contribution in [1.29, 1.82) is 0 Å². The summed E-state index contributed by atoms with van der Waals surface area (Å²) in [6.07, 6.45) is 5.40. The van der Waals surface area contributed by atoms with Crippen molar-refractivity contribution in [2.24, 2.45) is 5.92 Å². The van der Waals surface area contributed by atoms with Crippen LogP contribution < -0.4 is 9.47 Å². The first-order valence-electron chi connectivity index (χ1n) is 8.70. The molecule has 0 unspecified atom stereocenters. The van der Waals surface area contributed by atoms with Gasteiger partial charge in [0, 0.05) is 12.6 Å². The molecule has 4 rings (SSSR count). The normalized spacial score (nSPS) is 29.3. The van der Waals surface area contributed by atoms with Crippen molar-refractivity contribution >= 4 is 17.6 Å². The van der Waals surface area contributed by atoms with Gasteiger partial charge in [-0.15, -0.1) is 0 Å². The van der Waals surface area contributed by atoms with E-state index in [1.54, 1.807) is 0 Å². The third-order valence-corrected chi connectivity index (χ3v) is 5.81. The van der Waals surface area contributed by atoms with Crippen molar-refractivity contribution in [2.45, 2.75) is 50.7 Å². The number of hydrogen-bond acceptors (Lipinski definition) is 4. The highest BCUT2D eigenvalue weighted by Crippen LogP contribution is 2.42. The lowest BCUT2D eigenvalue weighted by molar-refractivity contribution is -0.142. The van der Waals surface area contributed by atoms with E-state index in [9.17, 15) is 9.90 Å². The van der Waals surface area contributed by atoms with Gasteiger partial charge in [0.1, 0.15) is 19.3 Å². The standard InChI is InChI=1S/C18H22ClNO4/c19-13-7-11(8-16-17(13)24-6-5-23-16)10-20-14-4-2-1-3-12(14)9-15(20)18(21)22/h7-8,12,14-15H,1-6,9-10H2,(H,21,22)/t12-,14-,15-/m0/s1. The van der Waals surface area contributed by atoms with Gasteiger partial charge in [-0.2, -0.15) is 0 Å². The Balaban J connectivity index is 1.60. The van der Waals surface area contributed by atoms with Gasteiger partial charge in [0.15, 0.2) is 11.5 Å². The number of carboxylic acids is 1. The van der Waals surface area contributed by atoms with Crippen molar-refractivity contribution in [2.75, 3.05) is 13.2 Å². The summed E-state index contributed by atoms with van der Waals surface area (Å²) < 4.78 is 11.2. The summed E-state index contributed by atoms with van der Waals surface area (Å²) in [7, 11) is 0. The molecule has 1 saturated carbocycles. The molecule has 5 nitrogen and oxygen atoms in total. The highest BCUT2D eigenvalue weighted by Gasteiger charge is 2.45. The molecule has 0 spiro atoms. The molecule has 3 aliphatic rings. The Morgan fingerprint density at radius 2 is 2.04 bits per heavy atom. The van der Waals surface area contributed by atoms with Crippen LogP contribution in [-0.2, 0) is 11.3 Å². The first kappa shape index (κ1) is 16.0. The summed E-state index contributed by atoms with van der Waals surface area (Å²) in [5, 5.41) is 10.2. The molecular formula is C18H22ClNO4. The molecule has 0 radical (unpaired) electrons. The number of aliphatic carboxylic acids is 1. The Kier molecular flexibility index (Phi) is 4.31. The molecule has 2 aliphatic heterocycles. The average Bonchev–Trinajstić information content (AvgIpc) is 2.94. The van der Waals surface area contributed by atoms with Gasteiger partial charge in [0.25, 0.3) is 0 Å². The Labute approximate surface area is 146 Å². The number of rotatable bonds is 3. The first-order valence-corrected chi connectivity index (χ1v) is 9.08. The fourth-order valence-corrected chi connectivity index (χ4v) is 4.78. The van der Waals surface area contributed by atoms with Crippen LogP contribution in [-0.4, -0.2) is 41.3 Å². The number of benzene rings is 1. The van der Waals surface area contributed by atoms with Crippen molar-refractivity contribution in [1.82, 2.24) is 4.90 Å². The van der Waals surface area contributed by atoms with Crippen LogP contribution >= 0.6 is 11.6 Å².